The number of rotatable bonds is 6. The molecule has 5 nitrogen and oxygen atoms in total. The van der Waals surface area contributed by atoms with E-state index in [1.165, 1.54) is 0 Å². The van der Waals surface area contributed by atoms with Crippen molar-refractivity contribution in [2.75, 3.05) is 13.2 Å². The summed E-state index contributed by atoms with van der Waals surface area (Å²) in [5.74, 6) is -1.51. The van der Waals surface area contributed by atoms with Gasteiger partial charge in [0.1, 0.15) is 6.54 Å². The first kappa shape index (κ1) is 18.6. The van der Waals surface area contributed by atoms with E-state index in [2.05, 4.69) is 5.32 Å². The van der Waals surface area contributed by atoms with Crippen LogP contribution in [0.4, 0.5) is 0 Å². The molecule has 0 fully saturated rings. The Labute approximate surface area is 160 Å². The van der Waals surface area contributed by atoms with Gasteiger partial charge in [-0.15, -0.1) is 0 Å². The summed E-state index contributed by atoms with van der Waals surface area (Å²) in [6, 6.07) is 19.4. The number of ketones is 1. The van der Waals surface area contributed by atoms with Crippen LogP contribution >= 0.6 is 11.6 Å². The second-order valence-electron chi connectivity index (χ2n) is 5.81. The fraction of sp³-hybridized carbons (Fsp3) is 0.0952. The highest BCUT2D eigenvalue weighted by Gasteiger charge is 2.14. The lowest BCUT2D eigenvalue weighted by Gasteiger charge is -2.07. The van der Waals surface area contributed by atoms with Crippen LogP contribution in [-0.2, 0) is 9.53 Å². The van der Waals surface area contributed by atoms with E-state index in [0.717, 1.165) is 10.8 Å². The van der Waals surface area contributed by atoms with Gasteiger partial charge in [0.2, 0.25) is 5.78 Å². The van der Waals surface area contributed by atoms with E-state index < -0.39 is 24.3 Å². The number of carbonyl (C=O) groups excluding carboxylic acids is 3. The lowest BCUT2D eigenvalue weighted by molar-refractivity contribution is -0.141. The summed E-state index contributed by atoms with van der Waals surface area (Å²) in [6.07, 6.45) is 0. The van der Waals surface area contributed by atoms with Crippen LogP contribution in [0.2, 0.25) is 5.02 Å². The highest BCUT2D eigenvalue weighted by atomic mass is 35.5. The fourth-order valence-corrected chi connectivity index (χ4v) is 2.79. The zero-order chi connectivity index (χ0) is 19.2. The minimum absolute atomic E-state index is 0.284. The molecule has 3 aromatic carbocycles. The van der Waals surface area contributed by atoms with Gasteiger partial charge in [-0.25, -0.2) is 0 Å². The van der Waals surface area contributed by atoms with Crippen LogP contribution < -0.4 is 5.32 Å². The normalized spacial score (nSPS) is 10.4. The molecular formula is C21H16ClNO4. The van der Waals surface area contributed by atoms with E-state index in [4.69, 9.17) is 16.3 Å². The fourth-order valence-electron chi connectivity index (χ4n) is 2.55. The number of ether oxygens (including phenoxy) is 1. The molecule has 0 aliphatic heterocycles. The van der Waals surface area contributed by atoms with Crippen molar-refractivity contribution in [3.63, 3.8) is 0 Å². The average molecular weight is 382 g/mol. The molecule has 0 aromatic heterocycles. The number of hydrogen-bond acceptors (Lipinski definition) is 4. The Morgan fingerprint density at radius 1 is 0.889 bits per heavy atom. The summed E-state index contributed by atoms with van der Waals surface area (Å²) >= 11 is 5.93. The summed E-state index contributed by atoms with van der Waals surface area (Å²) in [6.45, 7) is -0.768. The van der Waals surface area contributed by atoms with Crippen molar-refractivity contribution < 1.29 is 19.1 Å². The maximum atomic E-state index is 12.2. The van der Waals surface area contributed by atoms with Gasteiger partial charge in [0, 0.05) is 11.1 Å². The average Bonchev–Trinajstić information content (AvgIpc) is 2.70. The van der Waals surface area contributed by atoms with Gasteiger partial charge in [-0.2, -0.15) is 0 Å². The second-order valence-corrected chi connectivity index (χ2v) is 6.22. The molecule has 1 N–H and O–H groups in total. The largest absolute Gasteiger partial charge is 0.456 e. The van der Waals surface area contributed by atoms with E-state index in [0.29, 0.717) is 10.6 Å². The van der Waals surface area contributed by atoms with Gasteiger partial charge in [0.05, 0.1) is 5.02 Å². The van der Waals surface area contributed by atoms with Gasteiger partial charge in [0.15, 0.2) is 6.61 Å². The lowest BCUT2D eigenvalue weighted by atomic mass is 10.1. The Balaban J connectivity index is 1.51. The number of hydrogen-bond donors (Lipinski definition) is 1. The Bertz CT molecular complexity index is 1020. The molecule has 27 heavy (non-hydrogen) atoms. The molecule has 0 radical (unpaired) electrons. The van der Waals surface area contributed by atoms with Crippen molar-refractivity contribution in [1.82, 2.24) is 5.32 Å². The summed E-state index contributed by atoms with van der Waals surface area (Å²) in [5.41, 5.74) is 0.723. The molecule has 0 aliphatic rings. The lowest BCUT2D eigenvalue weighted by Crippen LogP contribution is -2.31. The number of fused-ring (bicyclic) bond motifs is 1. The van der Waals surface area contributed by atoms with Crippen LogP contribution in [0.3, 0.4) is 0 Å². The van der Waals surface area contributed by atoms with Crippen molar-refractivity contribution in [1.29, 1.82) is 0 Å². The molecule has 0 saturated heterocycles. The van der Waals surface area contributed by atoms with Gasteiger partial charge < -0.3 is 10.1 Å². The summed E-state index contributed by atoms with van der Waals surface area (Å²) in [7, 11) is 0. The van der Waals surface area contributed by atoms with Crippen molar-refractivity contribution in [2.24, 2.45) is 0 Å². The number of esters is 1. The zero-order valence-electron chi connectivity index (χ0n) is 14.3. The topological polar surface area (TPSA) is 72.5 Å². The summed E-state index contributed by atoms with van der Waals surface area (Å²) in [5, 5.41) is 4.73. The maximum absolute atomic E-state index is 12.2. The van der Waals surface area contributed by atoms with Crippen molar-refractivity contribution >= 4 is 40.0 Å². The molecule has 0 unspecified atom stereocenters. The van der Waals surface area contributed by atoms with Gasteiger partial charge in [-0.1, -0.05) is 54.1 Å². The van der Waals surface area contributed by atoms with Crippen LogP contribution in [0.15, 0.2) is 66.7 Å². The predicted molar refractivity (Wildman–Crippen MR) is 103 cm³/mol. The van der Waals surface area contributed by atoms with Gasteiger partial charge in [-0.05, 0) is 35.0 Å². The van der Waals surface area contributed by atoms with Gasteiger partial charge >= 0.3 is 5.97 Å². The summed E-state index contributed by atoms with van der Waals surface area (Å²) in [4.78, 5) is 36.0. The third-order valence-electron chi connectivity index (χ3n) is 3.94. The van der Waals surface area contributed by atoms with Crippen molar-refractivity contribution in [3.05, 3.63) is 82.9 Å². The molecule has 0 saturated carbocycles. The molecule has 6 heteroatoms. The molecule has 0 atom stereocenters. The third kappa shape index (κ3) is 4.71. The first-order chi connectivity index (χ1) is 13.0. The van der Waals surface area contributed by atoms with Crippen molar-refractivity contribution in [3.8, 4) is 0 Å². The summed E-state index contributed by atoms with van der Waals surface area (Å²) < 4.78 is 4.91. The van der Waals surface area contributed by atoms with Crippen LogP contribution in [0.5, 0.6) is 0 Å². The predicted octanol–water partition coefficient (Wildman–Crippen LogP) is 3.65. The first-order valence-corrected chi connectivity index (χ1v) is 8.63. The molecule has 0 aliphatic carbocycles. The van der Waals surface area contributed by atoms with E-state index in [1.807, 2.05) is 30.3 Å². The number of carbonyl (C=O) groups is 3. The minimum Gasteiger partial charge on any atom is -0.456 e. The van der Waals surface area contributed by atoms with E-state index in [-0.39, 0.29) is 12.1 Å². The van der Waals surface area contributed by atoms with Gasteiger partial charge in [0.25, 0.3) is 5.91 Å². The number of benzene rings is 3. The Morgan fingerprint density at radius 2 is 1.59 bits per heavy atom. The molecule has 136 valence electrons. The molecule has 0 bridgehead atoms. The quantitative estimate of drug-likeness (QED) is 0.522. The van der Waals surface area contributed by atoms with Crippen molar-refractivity contribution in [2.45, 2.75) is 0 Å². The minimum atomic E-state index is -0.704. The number of nitrogens with one attached hydrogen (secondary N) is 1. The maximum Gasteiger partial charge on any atom is 0.325 e. The number of Topliss-reactive ketones (excluding diaryl/α,β-unsaturated/α-hetero) is 1. The molecule has 3 aromatic rings. The highest BCUT2D eigenvalue weighted by Crippen LogP contribution is 2.16. The standard InChI is InChI=1S/C21H16ClNO4/c22-18-8-4-3-7-17(18)19(24)13-27-20(25)12-23-21(26)16-10-9-14-5-1-2-6-15(14)11-16/h1-11H,12-13H2,(H,23,26). The Kier molecular flexibility index (Phi) is 5.84. The molecular weight excluding hydrogens is 366 g/mol. The Morgan fingerprint density at radius 3 is 2.37 bits per heavy atom. The van der Waals surface area contributed by atoms with Crippen LogP contribution in [0, 0.1) is 0 Å². The smallest absolute Gasteiger partial charge is 0.325 e. The number of halogens is 1. The molecule has 0 spiro atoms. The SMILES string of the molecule is O=C(CNC(=O)c1ccc2ccccc2c1)OCC(=O)c1ccccc1Cl. The van der Waals surface area contributed by atoms with E-state index >= 15 is 0 Å². The van der Waals surface area contributed by atoms with E-state index in [1.54, 1.807) is 36.4 Å². The van der Waals surface area contributed by atoms with Crippen LogP contribution in [0.25, 0.3) is 10.8 Å². The van der Waals surface area contributed by atoms with Crippen LogP contribution in [-0.4, -0.2) is 30.8 Å². The second kappa shape index (κ2) is 8.47. The first-order valence-electron chi connectivity index (χ1n) is 8.25. The third-order valence-corrected chi connectivity index (χ3v) is 4.27. The number of amides is 1. The monoisotopic (exact) mass is 381 g/mol. The molecule has 3 rings (SSSR count). The molecule has 1 amide bonds. The highest BCUT2D eigenvalue weighted by molar-refractivity contribution is 6.34. The van der Waals surface area contributed by atoms with E-state index in [9.17, 15) is 14.4 Å². The Hall–Kier alpha value is -3.18. The van der Waals surface area contributed by atoms with Gasteiger partial charge in [-0.3, -0.25) is 14.4 Å². The van der Waals surface area contributed by atoms with Crippen LogP contribution in [0.1, 0.15) is 20.7 Å². The zero-order valence-corrected chi connectivity index (χ0v) is 15.0. The molecule has 0 heterocycles.